The molecule has 0 aliphatic carbocycles. The van der Waals surface area contributed by atoms with Crippen LogP contribution in [0.15, 0.2) is 29.4 Å². The highest BCUT2D eigenvalue weighted by Crippen LogP contribution is 1.98. The number of hydrogen-bond donors (Lipinski definition) is 2. The highest BCUT2D eigenvalue weighted by atomic mass is 127. The third kappa shape index (κ3) is 7.47. The van der Waals surface area contributed by atoms with E-state index in [1.54, 1.807) is 0 Å². The van der Waals surface area contributed by atoms with Crippen molar-refractivity contribution in [3.8, 4) is 0 Å². The van der Waals surface area contributed by atoms with Crippen LogP contribution in [0.4, 0.5) is 0 Å². The van der Waals surface area contributed by atoms with E-state index in [9.17, 15) is 0 Å². The highest BCUT2D eigenvalue weighted by Gasteiger charge is 1.95. The maximum Gasteiger partial charge on any atom is 0.191 e. The molecular formula is C13H23IN4. The zero-order valence-corrected chi connectivity index (χ0v) is 13.5. The smallest absolute Gasteiger partial charge is 0.191 e. The van der Waals surface area contributed by atoms with Gasteiger partial charge in [-0.25, -0.2) is 0 Å². The van der Waals surface area contributed by atoms with E-state index in [1.807, 2.05) is 18.3 Å². The summed E-state index contributed by atoms with van der Waals surface area (Å²) in [4.78, 5) is 8.77. The van der Waals surface area contributed by atoms with Crippen LogP contribution in [-0.2, 0) is 6.42 Å². The summed E-state index contributed by atoms with van der Waals surface area (Å²) in [5.41, 5.74) is 1.14. The van der Waals surface area contributed by atoms with Crippen molar-refractivity contribution >= 4 is 29.9 Å². The average Bonchev–Trinajstić information content (AvgIpc) is 2.36. The molecule has 0 aliphatic heterocycles. The van der Waals surface area contributed by atoms with Gasteiger partial charge in [0.1, 0.15) is 0 Å². The molecule has 1 rings (SSSR count). The van der Waals surface area contributed by atoms with E-state index in [1.165, 1.54) is 0 Å². The van der Waals surface area contributed by atoms with Crippen molar-refractivity contribution in [2.24, 2.45) is 4.99 Å². The van der Waals surface area contributed by atoms with Crippen molar-refractivity contribution in [1.29, 1.82) is 0 Å². The van der Waals surface area contributed by atoms with Crippen LogP contribution in [0, 0.1) is 0 Å². The van der Waals surface area contributed by atoms with Crippen LogP contribution in [0.5, 0.6) is 0 Å². The summed E-state index contributed by atoms with van der Waals surface area (Å²) >= 11 is 0. The van der Waals surface area contributed by atoms with Crippen molar-refractivity contribution in [2.45, 2.75) is 26.7 Å². The summed E-state index contributed by atoms with van der Waals surface area (Å²) in [6.45, 7) is 6.76. The lowest BCUT2D eigenvalue weighted by molar-refractivity contribution is 0.783. The molecule has 1 aromatic rings. The summed E-state index contributed by atoms with van der Waals surface area (Å²) in [6.07, 6.45) is 3.84. The van der Waals surface area contributed by atoms with Gasteiger partial charge in [-0.05, 0) is 38.8 Å². The Hall–Kier alpha value is -0.850. The molecular weight excluding hydrogens is 339 g/mol. The summed E-state index contributed by atoms with van der Waals surface area (Å²) in [5.74, 6) is 0.899. The van der Waals surface area contributed by atoms with E-state index in [4.69, 9.17) is 0 Å². The van der Waals surface area contributed by atoms with E-state index >= 15 is 0 Å². The molecule has 0 saturated heterocycles. The Morgan fingerprint density at radius 1 is 1.22 bits per heavy atom. The predicted molar refractivity (Wildman–Crippen MR) is 87.6 cm³/mol. The first kappa shape index (κ1) is 17.2. The van der Waals surface area contributed by atoms with E-state index in [2.05, 4.69) is 40.5 Å². The summed E-state index contributed by atoms with van der Waals surface area (Å²) < 4.78 is 0. The summed E-state index contributed by atoms with van der Waals surface area (Å²) in [5, 5.41) is 6.41. The van der Waals surface area contributed by atoms with Gasteiger partial charge in [0, 0.05) is 31.5 Å². The molecule has 0 bridgehead atoms. The van der Waals surface area contributed by atoms with Crippen LogP contribution in [0.3, 0.4) is 0 Å². The first-order chi connectivity index (χ1) is 8.36. The van der Waals surface area contributed by atoms with Crippen LogP contribution in [-0.4, -0.2) is 30.6 Å². The van der Waals surface area contributed by atoms with Gasteiger partial charge < -0.3 is 10.6 Å². The van der Waals surface area contributed by atoms with Gasteiger partial charge in [-0.15, -0.1) is 24.0 Å². The number of aryl methyl sites for hydroxylation is 1. The van der Waals surface area contributed by atoms with Gasteiger partial charge in [0.15, 0.2) is 5.96 Å². The molecule has 2 N–H and O–H groups in total. The fourth-order valence-electron chi connectivity index (χ4n) is 1.51. The molecule has 0 radical (unpaired) electrons. The first-order valence-electron chi connectivity index (χ1n) is 6.29. The van der Waals surface area contributed by atoms with Crippen molar-refractivity contribution in [3.05, 3.63) is 30.1 Å². The maximum atomic E-state index is 4.48. The standard InChI is InChI=1S/C13H22N4.HI/c1-3-14-13(15-4-2)17-11-7-9-12-8-5-6-10-16-12;/h5-6,8,10H,3-4,7,9,11H2,1-2H3,(H2,14,15,17);1H. The lowest BCUT2D eigenvalue weighted by Gasteiger charge is -2.08. The van der Waals surface area contributed by atoms with Gasteiger partial charge in [0.05, 0.1) is 0 Å². The summed E-state index contributed by atoms with van der Waals surface area (Å²) in [7, 11) is 0. The highest BCUT2D eigenvalue weighted by molar-refractivity contribution is 14.0. The van der Waals surface area contributed by atoms with Gasteiger partial charge in [0.25, 0.3) is 0 Å². The number of halogens is 1. The molecule has 0 atom stereocenters. The molecule has 0 spiro atoms. The van der Waals surface area contributed by atoms with Crippen LogP contribution >= 0.6 is 24.0 Å². The lowest BCUT2D eigenvalue weighted by atomic mass is 10.2. The number of nitrogens with zero attached hydrogens (tertiary/aromatic N) is 2. The largest absolute Gasteiger partial charge is 0.357 e. The van der Waals surface area contributed by atoms with Gasteiger partial charge in [-0.3, -0.25) is 9.98 Å². The molecule has 18 heavy (non-hydrogen) atoms. The monoisotopic (exact) mass is 362 g/mol. The second kappa shape index (κ2) is 11.3. The SMILES string of the molecule is CCNC(=NCCCc1ccccn1)NCC.I. The molecule has 102 valence electrons. The number of nitrogens with one attached hydrogen (secondary N) is 2. The molecule has 0 fully saturated rings. The Morgan fingerprint density at radius 3 is 2.50 bits per heavy atom. The normalized spacial score (nSPS) is 9.22. The maximum absolute atomic E-state index is 4.48. The Kier molecular flexibility index (Phi) is 10.7. The van der Waals surface area contributed by atoms with Gasteiger partial charge in [0.2, 0.25) is 0 Å². The Labute approximate surface area is 127 Å². The van der Waals surface area contributed by atoms with Crippen LogP contribution in [0.1, 0.15) is 26.0 Å². The van der Waals surface area contributed by atoms with E-state index in [0.717, 1.165) is 44.1 Å². The Balaban J connectivity index is 0.00000289. The van der Waals surface area contributed by atoms with Gasteiger partial charge in [-0.1, -0.05) is 6.07 Å². The zero-order chi connectivity index (χ0) is 12.3. The van der Waals surface area contributed by atoms with E-state index < -0.39 is 0 Å². The van der Waals surface area contributed by atoms with E-state index in [-0.39, 0.29) is 24.0 Å². The minimum Gasteiger partial charge on any atom is -0.357 e. The minimum absolute atomic E-state index is 0. The quantitative estimate of drug-likeness (QED) is 0.353. The molecule has 0 saturated carbocycles. The molecule has 0 amide bonds. The topological polar surface area (TPSA) is 49.3 Å². The molecule has 4 nitrogen and oxygen atoms in total. The number of hydrogen-bond acceptors (Lipinski definition) is 2. The summed E-state index contributed by atoms with van der Waals surface area (Å²) in [6, 6.07) is 6.02. The van der Waals surface area contributed by atoms with Gasteiger partial charge >= 0.3 is 0 Å². The molecule has 1 aromatic heterocycles. The number of pyridine rings is 1. The first-order valence-corrected chi connectivity index (χ1v) is 6.29. The van der Waals surface area contributed by atoms with Gasteiger partial charge in [-0.2, -0.15) is 0 Å². The number of aliphatic imine (C=N–C) groups is 1. The molecule has 0 unspecified atom stereocenters. The van der Waals surface area contributed by atoms with Crippen LogP contribution < -0.4 is 10.6 Å². The van der Waals surface area contributed by atoms with Crippen molar-refractivity contribution < 1.29 is 0 Å². The third-order valence-corrected chi connectivity index (χ3v) is 2.28. The van der Waals surface area contributed by atoms with Crippen LogP contribution in [0.25, 0.3) is 0 Å². The minimum atomic E-state index is 0. The molecule has 0 aliphatic rings. The van der Waals surface area contributed by atoms with E-state index in [0.29, 0.717) is 0 Å². The Morgan fingerprint density at radius 2 is 1.94 bits per heavy atom. The number of guanidine groups is 1. The number of aromatic nitrogens is 1. The molecule has 1 heterocycles. The van der Waals surface area contributed by atoms with Crippen molar-refractivity contribution in [1.82, 2.24) is 15.6 Å². The van der Waals surface area contributed by atoms with Crippen molar-refractivity contribution in [2.75, 3.05) is 19.6 Å². The lowest BCUT2D eigenvalue weighted by Crippen LogP contribution is -2.37. The molecule has 5 heteroatoms. The van der Waals surface area contributed by atoms with Crippen LogP contribution in [0.2, 0.25) is 0 Å². The second-order valence-corrected chi connectivity index (χ2v) is 3.72. The number of rotatable bonds is 6. The molecule has 0 aromatic carbocycles. The second-order valence-electron chi connectivity index (χ2n) is 3.72. The fraction of sp³-hybridized carbons (Fsp3) is 0.538. The third-order valence-electron chi connectivity index (χ3n) is 2.28. The zero-order valence-electron chi connectivity index (χ0n) is 11.1. The fourth-order valence-corrected chi connectivity index (χ4v) is 1.51. The average molecular weight is 362 g/mol. The predicted octanol–water partition coefficient (Wildman–Crippen LogP) is 2.21. The Bertz CT molecular complexity index is 319. The van der Waals surface area contributed by atoms with Crippen molar-refractivity contribution in [3.63, 3.8) is 0 Å².